The molecule has 1 N–H and O–H groups in total. The molecule has 110 valence electrons. The van der Waals surface area contributed by atoms with Gasteiger partial charge in [-0.05, 0) is 42.5 Å². The zero-order valence-electron chi connectivity index (χ0n) is 11.2. The van der Waals surface area contributed by atoms with Crippen LogP contribution in [0.3, 0.4) is 0 Å². The first-order chi connectivity index (χ1) is 10.5. The minimum Gasteiger partial charge on any atom is -0.476 e. The average Bonchev–Trinajstić information content (AvgIpc) is 2.93. The highest BCUT2D eigenvalue weighted by Crippen LogP contribution is 2.25. The van der Waals surface area contributed by atoms with E-state index in [0.29, 0.717) is 16.9 Å². The Labute approximate surface area is 124 Å². The van der Waals surface area contributed by atoms with Crippen molar-refractivity contribution < 1.29 is 18.7 Å². The van der Waals surface area contributed by atoms with Crippen LogP contribution in [0.5, 0.6) is 0 Å². The van der Waals surface area contributed by atoms with E-state index >= 15 is 0 Å². The number of hydrogen-bond donors (Lipinski definition) is 1. The van der Waals surface area contributed by atoms with E-state index in [-0.39, 0.29) is 5.69 Å². The number of carboxylic acids is 1. The number of aromatic nitrogens is 2. The monoisotopic (exact) mass is 300 g/mol. The zero-order valence-corrected chi connectivity index (χ0v) is 11.2. The Bertz CT molecular complexity index is 842. The third kappa shape index (κ3) is 2.58. The van der Waals surface area contributed by atoms with Crippen molar-refractivity contribution >= 4 is 5.97 Å². The third-order valence-corrected chi connectivity index (χ3v) is 3.12. The van der Waals surface area contributed by atoms with E-state index in [1.165, 1.54) is 53.2 Å². The highest BCUT2D eigenvalue weighted by atomic mass is 19.1. The lowest BCUT2D eigenvalue weighted by molar-refractivity contribution is 0.0690. The lowest BCUT2D eigenvalue weighted by Gasteiger charge is -2.07. The molecule has 0 fully saturated rings. The first kappa shape index (κ1) is 13.9. The van der Waals surface area contributed by atoms with Gasteiger partial charge in [-0.15, -0.1) is 0 Å². The maximum absolute atomic E-state index is 13.4. The number of halogens is 2. The molecule has 2 aromatic carbocycles. The molecule has 1 aromatic heterocycles. The molecule has 0 bridgehead atoms. The summed E-state index contributed by atoms with van der Waals surface area (Å²) in [7, 11) is 0. The van der Waals surface area contributed by atoms with Gasteiger partial charge in [-0.1, -0.05) is 12.1 Å². The fraction of sp³-hybridized carbons (Fsp3) is 0. The lowest BCUT2D eigenvalue weighted by Crippen LogP contribution is -2.02. The van der Waals surface area contributed by atoms with Crippen molar-refractivity contribution in [2.24, 2.45) is 0 Å². The Morgan fingerprint density at radius 2 is 1.73 bits per heavy atom. The van der Waals surface area contributed by atoms with Gasteiger partial charge in [0.2, 0.25) is 0 Å². The zero-order chi connectivity index (χ0) is 15.7. The summed E-state index contributed by atoms with van der Waals surface area (Å²) in [5.74, 6) is -2.05. The summed E-state index contributed by atoms with van der Waals surface area (Å²) in [5, 5.41) is 13.1. The summed E-state index contributed by atoms with van der Waals surface area (Å²) >= 11 is 0. The van der Waals surface area contributed by atoms with Gasteiger partial charge in [0.1, 0.15) is 11.6 Å². The summed E-state index contributed by atoms with van der Waals surface area (Å²) in [5.41, 5.74) is 1.18. The molecule has 3 aromatic rings. The van der Waals surface area contributed by atoms with Gasteiger partial charge in [0, 0.05) is 5.56 Å². The molecular formula is C16H10F2N2O2. The van der Waals surface area contributed by atoms with Gasteiger partial charge < -0.3 is 5.11 Å². The number of carbonyl (C=O) groups is 1. The van der Waals surface area contributed by atoms with Gasteiger partial charge in [-0.3, -0.25) is 0 Å². The Kier molecular flexibility index (Phi) is 3.42. The second-order valence-corrected chi connectivity index (χ2v) is 4.62. The quantitative estimate of drug-likeness (QED) is 0.805. The van der Waals surface area contributed by atoms with Crippen LogP contribution in [-0.4, -0.2) is 20.9 Å². The molecule has 0 aliphatic rings. The van der Waals surface area contributed by atoms with Gasteiger partial charge in [0.05, 0.1) is 11.4 Å². The van der Waals surface area contributed by atoms with E-state index in [4.69, 9.17) is 5.11 Å². The summed E-state index contributed by atoms with van der Waals surface area (Å²) in [6, 6.07) is 12.5. The molecule has 0 aliphatic heterocycles. The summed E-state index contributed by atoms with van der Waals surface area (Å²) in [6.45, 7) is 0. The van der Waals surface area contributed by atoms with Crippen LogP contribution in [0.2, 0.25) is 0 Å². The van der Waals surface area contributed by atoms with Crippen molar-refractivity contribution in [3.05, 3.63) is 71.9 Å². The van der Waals surface area contributed by atoms with Crippen LogP contribution in [0.4, 0.5) is 8.78 Å². The molecule has 0 aliphatic carbocycles. The van der Waals surface area contributed by atoms with Crippen LogP contribution in [0, 0.1) is 11.6 Å². The first-order valence-corrected chi connectivity index (χ1v) is 6.40. The first-order valence-electron chi connectivity index (χ1n) is 6.40. The Morgan fingerprint density at radius 1 is 1.00 bits per heavy atom. The number of nitrogens with zero attached hydrogens (tertiary/aromatic N) is 2. The summed E-state index contributed by atoms with van der Waals surface area (Å²) in [4.78, 5) is 11.1. The van der Waals surface area contributed by atoms with Crippen LogP contribution in [-0.2, 0) is 0 Å². The van der Waals surface area contributed by atoms with Gasteiger partial charge in [-0.25, -0.2) is 18.3 Å². The van der Waals surface area contributed by atoms with Crippen LogP contribution in [0.1, 0.15) is 10.5 Å². The minimum atomic E-state index is -1.20. The Hall–Kier alpha value is -3.02. The maximum Gasteiger partial charge on any atom is 0.356 e. The lowest BCUT2D eigenvalue weighted by atomic mass is 10.1. The molecule has 0 saturated heterocycles. The minimum absolute atomic E-state index is 0.177. The maximum atomic E-state index is 13.4. The Balaban J connectivity index is 2.20. The smallest absolute Gasteiger partial charge is 0.356 e. The van der Waals surface area contributed by atoms with E-state index in [9.17, 15) is 13.6 Å². The molecular weight excluding hydrogens is 290 g/mol. The number of carboxylic acid groups (broad SMARTS) is 1. The highest BCUT2D eigenvalue weighted by molar-refractivity contribution is 5.87. The molecule has 0 atom stereocenters. The molecule has 0 spiro atoms. The molecule has 6 heteroatoms. The molecule has 3 rings (SSSR count). The van der Waals surface area contributed by atoms with Crippen molar-refractivity contribution in [2.45, 2.75) is 0 Å². The average molecular weight is 300 g/mol. The summed E-state index contributed by atoms with van der Waals surface area (Å²) < 4.78 is 27.8. The van der Waals surface area contributed by atoms with Gasteiger partial charge in [0.15, 0.2) is 5.69 Å². The number of benzene rings is 2. The van der Waals surface area contributed by atoms with E-state index in [0.717, 1.165) is 0 Å². The molecule has 0 amide bonds. The van der Waals surface area contributed by atoms with E-state index < -0.39 is 17.6 Å². The van der Waals surface area contributed by atoms with E-state index in [2.05, 4.69) is 5.10 Å². The van der Waals surface area contributed by atoms with Crippen LogP contribution in [0.15, 0.2) is 54.6 Å². The molecule has 22 heavy (non-hydrogen) atoms. The fourth-order valence-electron chi connectivity index (χ4n) is 2.12. The van der Waals surface area contributed by atoms with Gasteiger partial charge >= 0.3 is 5.97 Å². The molecule has 0 saturated carbocycles. The predicted molar refractivity (Wildman–Crippen MR) is 75.9 cm³/mol. The third-order valence-electron chi connectivity index (χ3n) is 3.12. The van der Waals surface area contributed by atoms with Crippen molar-refractivity contribution in [3.8, 4) is 16.9 Å². The van der Waals surface area contributed by atoms with Crippen molar-refractivity contribution in [2.75, 3.05) is 0 Å². The van der Waals surface area contributed by atoms with Crippen molar-refractivity contribution in [1.82, 2.24) is 9.78 Å². The topological polar surface area (TPSA) is 55.1 Å². The van der Waals surface area contributed by atoms with Gasteiger partial charge in [0.25, 0.3) is 0 Å². The highest BCUT2D eigenvalue weighted by Gasteiger charge is 2.16. The Morgan fingerprint density at radius 3 is 2.36 bits per heavy atom. The second-order valence-electron chi connectivity index (χ2n) is 4.62. The van der Waals surface area contributed by atoms with Crippen LogP contribution < -0.4 is 0 Å². The molecule has 4 nitrogen and oxygen atoms in total. The van der Waals surface area contributed by atoms with E-state index in [1.807, 2.05) is 0 Å². The number of hydrogen-bond acceptors (Lipinski definition) is 2. The molecule has 0 radical (unpaired) electrons. The van der Waals surface area contributed by atoms with Crippen molar-refractivity contribution in [1.29, 1.82) is 0 Å². The second kappa shape index (κ2) is 5.40. The van der Waals surface area contributed by atoms with Crippen LogP contribution in [0.25, 0.3) is 16.9 Å². The number of aromatic carboxylic acids is 1. The van der Waals surface area contributed by atoms with Gasteiger partial charge in [-0.2, -0.15) is 5.10 Å². The standard InChI is InChI=1S/C16H10F2N2O2/c17-11-4-6-13(7-5-11)20-15(9-14(19-20)16(21)22)10-2-1-3-12(18)8-10/h1-9H,(H,21,22). The largest absolute Gasteiger partial charge is 0.476 e. The fourth-order valence-corrected chi connectivity index (χ4v) is 2.12. The SMILES string of the molecule is O=C(O)c1cc(-c2cccc(F)c2)n(-c2ccc(F)cc2)n1. The van der Waals surface area contributed by atoms with Crippen LogP contribution >= 0.6 is 0 Å². The summed E-state index contributed by atoms with van der Waals surface area (Å²) in [6.07, 6.45) is 0. The van der Waals surface area contributed by atoms with E-state index in [1.54, 1.807) is 6.07 Å². The van der Waals surface area contributed by atoms with Crippen molar-refractivity contribution in [3.63, 3.8) is 0 Å². The molecule has 1 heterocycles. The number of rotatable bonds is 3. The normalized spacial score (nSPS) is 10.6. The molecule has 0 unspecified atom stereocenters. The predicted octanol–water partition coefficient (Wildman–Crippen LogP) is 3.52.